The standard InChI is InChI=1S/C14H14O.C14H12.C10H8.C7H8.6C2H6/c1-11-3-7-13(8-4-11)15-14-9-5-12(2)6-10-14;1-3-7-13(8-4-1)11-12-14-9-5-2-6-10-14;1-2-6-10-8-4-3-7-9(10)5-1;1-7-5-3-2-4-6-7;6*1-2/h3-10H,1-2H3;1-12H;1-8H;2-6H,1H3;6*1-2H3/b;12-11+;;;;;;;;. The number of ether oxygens (including phenoxy) is 1. The topological polar surface area (TPSA) is 9.23 Å². The molecule has 0 aliphatic rings. The monoisotopic (exact) mass is 779 g/mol. The summed E-state index contributed by atoms with van der Waals surface area (Å²) in [4.78, 5) is 0. The van der Waals surface area contributed by atoms with Crippen LogP contribution in [-0.2, 0) is 0 Å². The first kappa shape index (κ1) is 56.7. The minimum absolute atomic E-state index is 0.879. The molecule has 0 atom stereocenters. The van der Waals surface area contributed by atoms with E-state index in [9.17, 15) is 0 Å². The molecule has 0 aliphatic heterocycles. The van der Waals surface area contributed by atoms with E-state index in [2.05, 4.69) is 118 Å². The lowest BCUT2D eigenvalue weighted by molar-refractivity contribution is 0.482. The first-order chi connectivity index (χ1) is 28.5. The fourth-order valence-corrected chi connectivity index (χ4v) is 4.34. The van der Waals surface area contributed by atoms with Crippen molar-refractivity contribution in [1.29, 1.82) is 0 Å². The van der Waals surface area contributed by atoms with Crippen LogP contribution in [0.1, 0.15) is 111 Å². The highest BCUT2D eigenvalue weighted by molar-refractivity contribution is 5.82. The fraction of sp³-hybridized carbons (Fsp3) is 0.263. The fourth-order valence-electron chi connectivity index (χ4n) is 4.34. The summed E-state index contributed by atoms with van der Waals surface area (Å²) in [7, 11) is 0. The molecule has 0 fully saturated rings. The molecule has 0 saturated heterocycles. The van der Waals surface area contributed by atoms with E-state index in [0.717, 1.165) is 11.5 Å². The quantitative estimate of drug-likeness (QED) is 0.162. The van der Waals surface area contributed by atoms with Crippen molar-refractivity contribution in [3.05, 3.63) is 216 Å². The lowest BCUT2D eigenvalue weighted by Crippen LogP contribution is -1.84. The van der Waals surface area contributed by atoms with Gasteiger partial charge in [-0.1, -0.05) is 276 Å². The molecule has 7 rings (SSSR count). The Bertz CT molecular complexity index is 1690. The summed E-state index contributed by atoms with van der Waals surface area (Å²) >= 11 is 0. The van der Waals surface area contributed by atoms with Crippen molar-refractivity contribution in [1.82, 2.24) is 0 Å². The molecule has 7 aromatic rings. The lowest BCUT2D eigenvalue weighted by Gasteiger charge is -2.05. The van der Waals surface area contributed by atoms with Crippen molar-refractivity contribution in [2.45, 2.75) is 104 Å². The zero-order valence-corrected chi connectivity index (χ0v) is 39.0. The molecule has 0 aliphatic carbocycles. The third-order valence-corrected chi connectivity index (χ3v) is 6.94. The van der Waals surface area contributed by atoms with Crippen LogP contribution < -0.4 is 4.74 Å². The van der Waals surface area contributed by atoms with E-state index in [1.54, 1.807) is 0 Å². The number of rotatable bonds is 4. The van der Waals surface area contributed by atoms with Crippen molar-refractivity contribution in [2.24, 2.45) is 0 Å². The van der Waals surface area contributed by atoms with E-state index in [4.69, 9.17) is 4.74 Å². The summed E-state index contributed by atoms with van der Waals surface area (Å²) in [6.07, 6.45) is 4.24. The molecule has 312 valence electrons. The number of aryl methyl sites for hydroxylation is 3. The van der Waals surface area contributed by atoms with Crippen molar-refractivity contribution in [3.8, 4) is 11.5 Å². The van der Waals surface area contributed by atoms with Crippen LogP contribution in [0.2, 0.25) is 0 Å². The molecule has 58 heavy (non-hydrogen) atoms. The Balaban J connectivity index is -0.000000653. The molecular formula is C57H78O. The van der Waals surface area contributed by atoms with Gasteiger partial charge in [0.15, 0.2) is 0 Å². The van der Waals surface area contributed by atoms with Gasteiger partial charge in [0.2, 0.25) is 0 Å². The van der Waals surface area contributed by atoms with Gasteiger partial charge in [0.05, 0.1) is 0 Å². The molecule has 0 heterocycles. The van der Waals surface area contributed by atoms with Gasteiger partial charge in [0.25, 0.3) is 0 Å². The van der Waals surface area contributed by atoms with Gasteiger partial charge >= 0.3 is 0 Å². The predicted molar refractivity (Wildman–Crippen MR) is 267 cm³/mol. The van der Waals surface area contributed by atoms with Gasteiger partial charge in [-0.15, -0.1) is 0 Å². The van der Waals surface area contributed by atoms with Crippen LogP contribution in [0.25, 0.3) is 22.9 Å². The molecule has 1 nitrogen and oxygen atoms in total. The van der Waals surface area contributed by atoms with Crippen molar-refractivity contribution < 1.29 is 4.74 Å². The highest BCUT2D eigenvalue weighted by Gasteiger charge is 1.96. The van der Waals surface area contributed by atoms with Crippen LogP contribution in [0.5, 0.6) is 11.5 Å². The van der Waals surface area contributed by atoms with Gasteiger partial charge in [0, 0.05) is 0 Å². The summed E-state index contributed by atoms with van der Waals surface area (Å²) < 4.78 is 5.69. The minimum atomic E-state index is 0.879. The van der Waals surface area contributed by atoms with Gasteiger partial charge in [-0.05, 0) is 66.9 Å². The van der Waals surface area contributed by atoms with Crippen LogP contribution in [0, 0.1) is 20.8 Å². The Morgan fingerprint density at radius 3 is 0.724 bits per heavy atom. The maximum atomic E-state index is 5.69. The van der Waals surface area contributed by atoms with E-state index >= 15 is 0 Å². The molecule has 0 unspecified atom stereocenters. The largest absolute Gasteiger partial charge is 0.457 e. The maximum absolute atomic E-state index is 5.69. The molecule has 0 saturated carbocycles. The zero-order chi connectivity index (χ0) is 44.2. The zero-order valence-electron chi connectivity index (χ0n) is 39.0. The molecule has 0 bridgehead atoms. The van der Waals surface area contributed by atoms with Crippen molar-refractivity contribution in [3.63, 3.8) is 0 Å². The first-order valence-corrected chi connectivity index (χ1v) is 21.6. The van der Waals surface area contributed by atoms with Crippen LogP contribution >= 0.6 is 0 Å². The normalized spacial score (nSPS) is 8.53. The Morgan fingerprint density at radius 1 is 0.259 bits per heavy atom. The van der Waals surface area contributed by atoms with Crippen LogP contribution in [0.15, 0.2) is 188 Å². The van der Waals surface area contributed by atoms with E-state index in [-0.39, 0.29) is 0 Å². The maximum Gasteiger partial charge on any atom is 0.127 e. The highest BCUT2D eigenvalue weighted by Crippen LogP contribution is 2.21. The van der Waals surface area contributed by atoms with E-state index < -0.39 is 0 Å². The second-order valence-electron chi connectivity index (χ2n) is 10.9. The Labute approximate surface area is 357 Å². The summed E-state index contributed by atoms with van der Waals surface area (Å²) in [6.45, 7) is 30.2. The average molecular weight is 779 g/mol. The lowest BCUT2D eigenvalue weighted by atomic mass is 10.1. The Hall–Kier alpha value is -5.66. The predicted octanol–water partition coefficient (Wildman–Crippen LogP) is 18.9. The molecule has 7 aromatic carbocycles. The first-order valence-electron chi connectivity index (χ1n) is 21.6. The van der Waals surface area contributed by atoms with E-state index in [0.29, 0.717) is 0 Å². The molecule has 0 aromatic heterocycles. The second kappa shape index (κ2) is 42.5. The van der Waals surface area contributed by atoms with Crippen molar-refractivity contribution in [2.75, 3.05) is 0 Å². The Morgan fingerprint density at radius 2 is 0.483 bits per heavy atom. The van der Waals surface area contributed by atoms with E-state index in [1.165, 1.54) is 38.6 Å². The molecule has 0 radical (unpaired) electrons. The van der Waals surface area contributed by atoms with Crippen LogP contribution in [0.4, 0.5) is 0 Å². The van der Waals surface area contributed by atoms with Gasteiger partial charge in [0.1, 0.15) is 11.5 Å². The molecule has 0 spiro atoms. The summed E-state index contributed by atoms with van der Waals surface area (Å²) in [5.74, 6) is 1.76. The summed E-state index contributed by atoms with van der Waals surface area (Å²) in [5.41, 5.74) is 6.27. The van der Waals surface area contributed by atoms with Gasteiger partial charge in [-0.2, -0.15) is 0 Å². The van der Waals surface area contributed by atoms with Gasteiger partial charge in [-0.3, -0.25) is 0 Å². The third kappa shape index (κ3) is 28.7. The SMILES string of the molecule is C(=C\c1ccccc1)/c1ccccc1.CC.CC.CC.CC.CC.CC.Cc1ccc(Oc2ccc(C)cc2)cc1.Cc1ccccc1.c1ccc2ccccc2c1. The summed E-state index contributed by atoms with van der Waals surface area (Å²) in [5, 5.41) is 2.62. The highest BCUT2D eigenvalue weighted by atomic mass is 16.5. The Kier molecular flexibility index (Phi) is 41.5. The number of benzene rings is 7. The summed E-state index contributed by atoms with van der Waals surface area (Å²) in [6, 6.07) is 63.7. The van der Waals surface area contributed by atoms with Gasteiger partial charge in [-0.25, -0.2) is 0 Å². The van der Waals surface area contributed by atoms with Crippen LogP contribution in [0.3, 0.4) is 0 Å². The molecule has 0 amide bonds. The molecule has 1 heteroatoms. The smallest absolute Gasteiger partial charge is 0.127 e. The minimum Gasteiger partial charge on any atom is -0.457 e. The van der Waals surface area contributed by atoms with Gasteiger partial charge < -0.3 is 4.74 Å². The van der Waals surface area contributed by atoms with Crippen LogP contribution in [-0.4, -0.2) is 0 Å². The number of hydrogen-bond donors (Lipinski definition) is 0. The average Bonchev–Trinajstić information content (AvgIpc) is 3.33. The molecular weight excluding hydrogens is 701 g/mol. The van der Waals surface area contributed by atoms with E-state index in [1.807, 2.05) is 186 Å². The number of fused-ring (bicyclic) bond motifs is 1. The molecule has 0 N–H and O–H groups in total. The third-order valence-electron chi connectivity index (χ3n) is 6.94. The second-order valence-corrected chi connectivity index (χ2v) is 10.9. The number of hydrogen-bond acceptors (Lipinski definition) is 1. The van der Waals surface area contributed by atoms with Crippen molar-refractivity contribution >= 4 is 22.9 Å².